The van der Waals surface area contributed by atoms with E-state index >= 15 is 0 Å². The second-order valence-electron chi connectivity index (χ2n) is 4.95. The average Bonchev–Trinajstić information content (AvgIpc) is 2.84. The first kappa shape index (κ1) is 15.7. The fourth-order valence-electron chi connectivity index (χ4n) is 1.98. The number of aryl methyl sites for hydroxylation is 2. The molecule has 0 aliphatic carbocycles. The summed E-state index contributed by atoms with van der Waals surface area (Å²) in [5, 5.41) is 21.7. The Kier molecular flexibility index (Phi) is 4.25. The second kappa shape index (κ2) is 5.96. The maximum atomic E-state index is 12.0. The van der Waals surface area contributed by atoms with Crippen molar-refractivity contribution >= 4 is 11.5 Å². The fourth-order valence-corrected chi connectivity index (χ4v) is 1.98. The Hall–Kier alpha value is -2.71. The van der Waals surface area contributed by atoms with Gasteiger partial charge in [-0.05, 0) is 13.3 Å². The van der Waals surface area contributed by atoms with Crippen molar-refractivity contribution in [2.75, 3.05) is 0 Å². The molecule has 0 atom stereocenters. The normalized spacial score (nSPS) is 11.5. The summed E-state index contributed by atoms with van der Waals surface area (Å²) in [7, 11) is 2.65. The summed E-state index contributed by atoms with van der Waals surface area (Å²) < 4.78 is 3.57. The molecule has 9 nitrogen and oxygen atoms in total. The predicted octanol–water partition coefficient (Wildman–Crippen LogP) is 1.12. The Morgan fingerprint density at radius 2 is 1.91 bits per heavy atom. The highest BCUT2D eigenvalue weighted by Crippen LogP contribution is 2.22. The molecule has 22 heavy (non-hydrogen) atoms. The van der Waals surface area contributed by atoms with Crippen molar-refractivity contribution in [1.29, 1.82) is 0 Å². The van der Waals surface area contributed by atoms with Gasteiger partial charge in [0, 0.05) is 32.4 Å². The molecule has 2 heterocycles. The molecule has 2 aromatic heterocycles. The van der Waals surface area contributed by atoms with Crippen LogP contribution in [0.1, 0.15) is 19.0 Å². The van der Waals surface area contributed by atoms with Crippen molar-refractivity contribution in [1.82, 2.24) is 18.9 Å². The summed E-state index contributed by atoms with van der Waals surface area (Å²) in [6, 6.07) is 1.72. The average molecular weight is 306 g/mol. The van der Waals surface area contributed by atoms with Gasteiger partial charge in [0.15, 0.2) is 5.82 Å². The van der Waals surface area contributed by atoms with Gasteiger partial charge < -0.3 is 5.11 Å². The standard InChI is InChI=1S/C13H18N6O3/c1-5-6-19-8(2)7-9(16-19)14-15-10-11(20)17(3)13(22)18(4)12(10)21/h7,20H,5-6H2,1-4H3/b15-14+. The number of rotatable bonds is 4. The van der Waals surface area contributed by atoms with Gasteiger partial charge in [-0.1, -0.05) is 6.92 Å². The number of aromatic nitrogens is 4. The highest BCUT2D eigenvalue weighted by molar-refractivity contribution is 5.44. The van der Waals surface area contributed by atoms with Crippen molar-refractivity contribution in [2.45, 2.75) is 26.8 Å². The number of hydrogen-bond acceptors (Lipinski definition) is 6. The van der Waals surface area contributed by atoms with Gasteiger partial charge in [-0.3, -0.25) is 18.6 Å². The zero-order valence-electron chi connectivity index (χ0n) is 12.9. The number of hydrogen-bond donors (Lipinski definition) is 1. The Labute approximate surface area is 126 Å². The minimum Gasteiger partial charge on any atom is -0.493 e. The first-order valence-electron chi connectivity index (χ1n) is 6.82. The van der Waals surface area contributed by atoms with E-state index in [1.165, 1.54) is 14.1 Å². The highest BCUT2D eigenvalue weighted by Gasteiger charge is 2.14. The Morgan fingerprint density at radius 3 is 2.55 bits per heavy atom. The number of azo groups is 1. The molecule has 0 bridgehead atoms. The highest BCUT2D eigenvalue weighted by atomic mass is 16.3. The van der Waals surface area contributed by atoms with E-state index < -0.39 is 17.1 Å². The number of nitrogens with zero attached hydrogens (tertiary/aromatic N) is 6. The lowest BCUT2D eigenvalue weighted by atomic mass is 10.4. The molecule has 0 saturated heterocycles. The van der Waals surface area contributed by atoms with Gasteiger partial charge >= 0.3 is 5.69 Å². The SMILES string of the molecule is CCCn1nc(/N=N/c2c(O)n(C)c(=O)n(C)c2=O)cc1C. The van der Waals surface area contributed by atoms with Gasteiger partial charge in [0.25, 0.3) is 5.56 Å². The molecule has 9 heteroatoms. The van der Waals surface area contributed by atoms with E-state index in [-0.39, 0.29) is 5.69 Å². The molecule has 0 saturated carbocycles. The van der Waals surface area contributed by atoms with Gasteiger partial charge in [-0.15, -0.1) is 10.2 Å². The van der Waals surface area contributed by atoms with Crippen molar-refractivity contribution in [3.05, 3.63) is 32.6 Å². The Morgan fingerprint density at radius 1 is 1.23 bits per heavy atom. The fraction of sp³-hybridized carbons (Fsp3) is 0.462. The lowest BCUT2D eigenvalue weighted by Gasteiger charge is -2.05. The molecule has 0 aromatic carbocycles. The molecular weight excluding hydrogens is 288 g/mol. The van der Waals surface area contributed by atoms with E-state index in [1.54, 1.807) is 10.7 Å². The molecule has 0 unspecified atom stereocenters. The van der Waals surface area contributed by atoms with Crippen LogP contribution in [0.4, 0.5) is 11.5 Å². The van der Waals surface area contributed by atoms with Gasteiger partial charge in [0.2, 0.25) is 11.6 Å². The van der Waals surface area contributed by atoms with Crippen LogP contribution in [0.15, 0.2) is 25.9 Å². The van der Waals surface area contributed by atoms with E-state index in [4.69, 9.17) is 0 Å². The van der Waals surface area contributed by atoms with Gasteiger partial charge in [-0.2, -0.15) is 5.10 Å². The molecule has 2 aromatic rings. The summed E-state index contributed by atoms with van der Waals surface area (Å²) >= 11 is 0. The molecule has 2 rings (SSSR count). The summed E-state index contributed by atoms with van der Waals surface area (Å²) in [5.74, 6) is -0.192. The first-order chi connectivity index (χ1) is 10.4. The molecule has 0 radical (unpaired) electrons. The maximum absolute atomic E-state index is 12.0. The van der Waals surface area contributed by atoms with Gasteiger partial charge in [0.05, 0.1) is 0 Å². The van der Waals surface area contributed by atoms with Crippen molar-refractivity contribution in [3.63, 3.8) is 0 Å². The van der Waals surface area contributed by atoms with Crippen LogP contribution in [0.25, 0.3) is 0 Å². The van der Waals surface area contributed by atoms with Gasteiger partial charge in [-0.25, -0.2) is 4.79 Å². The van der Waals surface area contributed by atoms with Crippen LogP contribution in [-0.4, -0.2) is 24.0 Å². The molecular formula is C13H18N6O3. The van der Waals surface area contributed by atoms with Crippen LogP contribution in [0, 0.1) is 6.92 Å². The third-order valence-corrected chi connectivity index (χ3v) is 3.27. The molecule has 0 aliphatic rings. The lowest BCUT2D eigenvalue weighted by molar-refractivity contribution is 0.413. The van der Waals surface area contributed by atoms with Gasteiger partial charge in [0.1, 0.15) is 0 Å². The van der Waals surface area contributed by atoms with Crippen LogP contribution in [-0.2, 0) is 20.6 Å². The second-order valence-corrected chi connectivity index (χ2v) is 4.95. The van der Waals surface area contributed by atoms with E-state index in [2.05, 4.69) is 15.3 Å². The molecule has 0 spiro atoms. The monoisotopic (exact) mass is 306 g/mol. The Balaban J connectivity index is 2.45. The zero-order valence-corrected chi connectivity index (χ0v) is 12.9. The topological polar surface area (TPSA) is 107 Å². The molecule has 0 fully saturated rings. The summed E-state index contributed by atoms with van der Waals surface area (Å²) in [6.45, 7) is 4.69. The predicted molar refractivity (Wildman–Crippen MR) is 80.0 cm³/mol. The minimum atomic E-state index is -0.714. The molecule has 0 amide bonds. The smallest absolute Gasteiger partial charge is 0.333 e. The van der Waals surface area contributed by atoms with E-state index in [0.29, 0.717) is 5.82 Å². The van der Waals surface area contributed by atoms with Crippen LogP contribution in [0.3, 0.4) is 0 Å². The lowest BCUT2D eigenvalue weighted by Crippen LogP contribution is -2.36. The van der Waals surface area contributed by atoms with E-state index in [9.17, 15) is 14.7 Å². The third-order valence-electron chi connectivity index (χ3n) is 3.27. The molecule has 0 aliphatic heterocycles. The quantitative estimate of drug-likeness (QED) is 0.854. The van der Waals surface area contributed by atoms with Crippen LogP contribution >= 0.6 is 0 Å². The van der Waals surface area contributed by atoms with Crippen LogP contribution < -0.4 is 11.2 Å². The van der Waals surface area contributed by atoms with E-state index in [1.807, 2.05) is 13.8 Å². The summed E-state index contributed by atoms with van der Waals surface area (Å²) in [5.41, 5.74) is -0.723. The summed E-state index contributed by atoms with van der Waals surface area (Å²) in [4.78, 5) is 23.6. The molecule has 118 valence electrons. The molecule has 1 N–H and O–H groups in total. The van der Waals surface area contributed by atoms with Crippen molar-refractivity contribution in [2.24, 2.45) is 24.3 Å². The largest absolute Gasteiger partial charge is 0.493 e. The summed E-state index contributed by atoms with van der Waals surface area (Å²) in [6.07, 6.45) is 0.932. The third kappa shape index (κ3) is 2.69. The van der Waals surface area contributed by atoms with Crippen LogP contribution in [0.2, 0.25) is 0 Å². The van der Waals surface area contributed by atoms with E-state index in [0.717, 1.165) is 27.8 Å². The van der Waals surface area contributed by atoms with Crippen LogP contribution in [0.5, 0.6) is 5.88 Å². The van der Waals surface area contributed by atoms with Crippen molar-refractivity contribution in [3.8, 4) is 5.88 Å². The minimum absolute atomic E-state index is 0.299. The number of aromatic hydroxyl groups is 1. The van der Waals surface area contributed by atoms with Crippen molar-refractivity contribution < 1.29 is 5.11 Å². The maximum Gasteiger partial charge on any atom is 0.333 e. The first-order valence-corrected chi connectivity index (χ1v) is 6.82. The Bertz CT molecular complexity index is 843. The zero-order chi connectivity index (χ0) is 16.4.